The number of nitrogens with one attached hydrogen (secondary N) is 2. The van der Waals surface area contributed by atoms with Crippen LogP contribution in [0.4, 0.5) is 5.69 Å². The number of phenols is 1. The van der Waals surface area contributed by atoms with E-state index >= 15 is 0 Å². The molecule has 7 heteroatoms. The van der Waals surface area contributed by atoms with E-state index in [0.717, 1.165) is 11.3 Å². The van der Waals surface area contributed by atoms with E-state index < -0.39 is 0 Å². The molecule has 2 amide bonds. The molecular weight excluding hydrogens is 358 g/mol. The van der Waals surface area contributed by atoms with Gasteiger partial charge in [-0.05, 0) is 67.4 Å². The molecule has 0 aliphatic carbocycles. The highest BCUT2D eigenvalue weighted by Gasteiger charge is 2.08. The van der Waals surface area contributed by atoms with Gasteiger partial charge in [0.1, 0.15) is 11.5 Å². The molecule has 2 aromatic carbocycles. The van der Waals surface area contributed by atoms with Crippen molar-refractivity contribution in [3.05, 3.63) is 54.1 Å². The number of aromatic hydroxyl groups is 1. The Morgan fingerprint density at radius 3 is 2.21 bits per heavy atom. The van der Waals surface area contributed by atoms with Crippen molar-refractivity contribution in [1.82, 2.24) is 5.43 Å². The van der Waals surface area contributed by atoms with E-state index in [1.54, 1.807) is 48.5 Å². The van der Waals surface area contributed by atoms with Gasteiger partial charge in [0.2, 0.25) is 11.8 Å². The van der Waals surface area contributed by atoms with E-state index in [9.17, 15) is 14.7 Å². The highest BCUT2D eigenvalue weighted by Crippen LogP contribution is 2.16. The van der Waals surface area contributed by atoms with E-state index in [4.69, 9.17) is 4.74 Å². The Morgan fingerprint density at radius 2 is 1.61 bits per heavy atom. The van der Waals surface area contributed by atoms with Gasteiger partial charge in [0.05, 0.1) is 12.3 Å². The van der Waals surface area contributed by atoms with Crippen LogP contribution in [0.25, 0.3) is 0 Å². The number of benzene rings is 2. The average molecular weight is 383 g/mol. The van der Waals surface area contributed by atoms with Gasteiger partial charge in [-0.2, -0.15) is 5.10 Å². The lowest BCUT2D eigenvalue weighted by Gasteiger charge is -2.07. The number of ether oxygens (including phenoxy) is 1. The van der Waals surface area contributed by atoms with Crippen LogP contribution in [-0.4, -0.2) is 29.2 Å². The van der Waals surface area contributed by atoms with Crippen molar-refractivity contribution in [3.63, 3.8) is 0 Å². The third kappa shape index (κ3) is 6.75. The van der Waals surface area contributed by atoms with Crippen molar-refractivity contribution < 1.29 is 19.4 Å². The first kappa shape index (κ1) is 21.0. The van der Waals surface area contributed by atoms with Crippen LogP contribution in [0.2, 0.25) is 0 Å². The largest absolute Gasteiger partial charge is 0.508 e. The van der Waals surface area contributed by atoms with Gasteiger partial charge in [-0.1, -0.05) is 6.92 Å². The number of phenolic OH excluding ortho intramolecular Hbond substituents is 1. The average Bonchev–Trinajstić information content (AvgIpc) is 2.70. The highest BCUT2D eigenvalue weighted by molar-refractivity contribution is 6.01. The first-order chi connectivity index (χ1) is 13.5. The van der Waals surface area contributed by atoms with Crippen LogP contribution in [0.1, 0.15) is 38.7 Å². The van der Waals surface area contributed by atoms with Crippen molar-refractivity contribution in [3.8, 4) is 11.5 Å². The van der Waals surface area contributed by atoms with Crippen LogP contribution in [0.5, 0.6) is 11.5 Å². The minimum absolute atomic E-state index is 0.0267. The van der Waals surface area contributed by atoms with Gasteiger partial charge in [0.25, 0.3) is 0 Å². The van der Waals surface area contributed by atoms with Crippen molar-refractivity contribution >= 4 is 23.2 Å². The predicted molar refractivity (Wildman–Crippen MR) is 109 cm³/mol. The van der Waals surface area contributed by atoms with Gasteiger partial charge >= 0.3 is 0 Å². The molecule has 2 aromatic rings. The molecule has 0 fully saturated rings. The first-order valence-corrected chi connectivity index (χ1v) is 9.19. The van der Waals surface area contributed by atoms with Gasteiger partial charge in [0, 0.05) is 18.5 Å². The number of amides is 2. The molecule has 0 saturated heterocycles. The molecule has 7 nitrogen and oxygen atoms in total. The fourth-order valence-electron chi connectivity index (χ4n) is 2.44. The van der Waals surface area contributed by atoms with Crippen LogP contribution in [-0.2, 0) is 9.59 Å². The molecule has 0 aliphatic rings. The van der Waals surface area contributed by atoms with E-state index in [1.165, 1.54) is 0 Å². The van der Waals surface area contributed by atoms with E-state index in [2.05, 4.69) is 15.8 Å². The Labute approximate surface area is 164 Å². The number of hydrogen-bond donors (Lipinski definition) is 3. The quantitative estimate of drug-likeness (QED) is 0.456. The molecule has 0 aliphatic heterocycles. The number of hydrogen-bond acceptors (Lipinski definition) is 5. The summed E-state index contributed by atoms with van der Waals surface area (Å²) >= 11 is 0. The molecule has 0 heterocycles. The molecule has 0 radical (unpaired) electrons. The molecule has 28 heavy (non-hydrogen) atoms. The van der Waals surface area contributed by atoms with Crippen molar-refractivity contribution in [2.45, 2.75) is 33.1 Å². The third-order valence-electron chi connectivity index (χ3n) is 3.88. The van der Waals surface area contributed by atoms with Crippen molar-refractivity contribution in [2.24, 2.45) is 5.10 Å². The number of carbonyl (C=O) groups excluding carboxylic acids is 2. The Bertz CT molecular complexity index is 815. The van der Waals surface area contributed by atoms with Crippen LogP contribution in [0, 0.1) is 0 Å². The minimum atomic E-state index is -0.341. The topological polar surface area (TPSA) is 100 Å². The zero-order valence-electron chi connectivity index (χ0n) is 16.1. The number of rotatable bonds is 9. The standard InChI is InChI=1S/C21H25N3O4/c1-3-19(15-5-9-17(25)10-6-15)23-24-21(27)14-13-20(26)22-16-7-11-18(12-8-16)28-4-2/h5-12,25H,3-4,13-14H2,1-2H3,(H,22,26)(H,24,27)/b23-19+. The second kappa shape index (κ2) is 10.7. The highest BCUT2D eigenvalue weighted by atomic mass is 16.5. The molecule has 0 atom stereocenters. The van der Waals surface area contributed by atoms with Gasteiger partial charge in [-0.25, -0.2) is 5.43 Å². The van der Waals surface area contributed by atoms with Gasteiger partial charge in [0.15, 0.2) is 0 Å². The zero-order valence-corrected chi connectivity index (χ0v) is 16.1. The zero-order chi connectivity index (χ0) is 20.4. The Morgan fingerprint density at radius 1 is 0.964 bits per heavy atom. The van der Waals surface area contributed by atoms with Crippen LogP contribution in [0.15, 0.2) is 53.6 Å². The van der Waals surface area contributed by atoms with Crippen molar-refractivity contribution in [2.75, 3.05) is 11.9 Å². The number of carbonyl (C=O) groups is 2. The predicted octanol–water partition coefficient (Wildman–Crippen LogP) is 3.44. The summed E-state index contributed by atoms with van der Waals surface area (Å²) < 4.78 is 5.35. The maximum atomic E-state index is 12.0. The van der Waals surface area contributed by atoms with E-state index in [0.29, 0.717) is 24.4 Å². The normalized spacial score (nSPS) is 11.0. The molecule has 0 spiro atoms. The maximum Gasteiger partial charge on any atom is 0.240 e. The molecule has 0 bridgehead atoms. The Hall–Kier alpha value is -3.35. The lowest BCUT2D eigenvalue weighted by atomic mass is 10.1. The second-order valence-corrected chi connectivity index (χ2v) is 6.00. The summed E-state index contributed by atoms with van der Waals surface area (Å²) in [6.07, 6.45) is 0.692. The SMILES string of the molecule is CCOc1ccc(NC(=O)CCC(=O)N/N=C(\CC)c2ccc(O)cc2)cc1. The lowest BCUT2D eigenvalue weighted by Crippen LogP contribution is -2.22. The van der Waals surface area contributed by atoms with Gasteiger partial charge in [-0.3, -0.25) is 9.59 Å². The van der Waals surface area contributed by atoms with Crippen LogP contribution < -0.4 is 15.5 Å². The van der Waals surface area contributed by atoms with E-state index in [1.807, 2.05) is 13.8 Å². The summed E-state index contributed by atoms with van der Waals surface area (Å²) in [6, 6.07) is 13.6. The van der Waals surface area contributed by atoms with E-state index in [-0.39, 0.29) is 30.4 Å². The summed E-state index contributed by atoms with van der Waals surface area (Å²) in [4.78, 5) is 24.0. The van der Waals surface area contributed by atoms with Gasteiger partial charge < -0.3 is 15.2 Å². The fraction of sp³-hybridized carbons (Fsp3) is 0.286. The summed E-state index contributed by atoms with van der Waals surface area (Å²) in [5.41, 5.74) is 4.62. The monoisotopic (exact) mass is 383 g/mol. The summed E-state index contributed by atoms with van der Waals surface area (Å²) in [6.45, 7) is 4.40. The van der Waals surface area contributed by atoms with Crippen molar-refractivity contribution in [1.29, 1.82) is 0 Å². The summed E-state index contributed by atoms with van der Waals surface area (Å²) in [5.74, 6) is 0.309. The minimum Gasteiger partial charge on any atom is -0.508 e. The molecule has 148 valence electrons. The molecule has 2 rings (SSSR count). The Kier molecular flexibility index (Phi) is 8.02. The first-order valence-electron chi connectivity index (χ1n) is 9.19. The molecular formula is C21H25N3O4. The lowest BCUT2D eigenvalue weighted by molar-refractivity contribution is -0.124. The maximum absolute atomic E-state index is 12.0. The number of hydrazone groups is 1. The molecule has 0 aromatic heterocycles. The number of anilines is 1. The number of nitrogens with zero attached hydrogens (tertiary/aromatic N) is 1. The van der Waals surface area contributed by atoms with Gasteiger partial charge in [-0.15, -0.1) is 0 Å². The van der Waals surface area contributed by atoms with Crippen LogP contribution >= 0.6 is 0 Å². The summed E-state index contributed by atoms with van der Waals surface area (Å²) in [5, 5.41) is 16.2. The fourth-order valence-corrected chi connectivity index (χ4v) is 2.44. The molecule has 0 unspecified atom stereocenters. The summed E-state index contributed by atoms with van der Waals surface area (Å²) in [7, 11) is 0. The third-order valence-corrected chi connectivity index (χ3v) is 3.88. The molecule has 3 N–H and O–H groups in total. The van der Waals surface area contributed by atoms with Crippen LogP contribution in [0.3, 0.4) is 0 Å². The second-order valence-electron chi connectivity index (χ2n) is 6.00. The molecule has 0 saturated carbocycles. The Balaban J connectivity index is 1.80. The smallest absolute Gasteiger partial charge is 0.240 e.